The molecule has 0 aromatic heterocycles. The Kier molecular flexibility index (Phi) is 3.76. The Morgan fingerprint density at radius 1 is 1.35 bits per heavy atom. The maximum Gasteiger partial charge on any atom is 0.337 e. The average molecular weight is 275 g/mol. The number of benzene rings is 1. The zero-order valence-corrected chi connectivity index (χ0v) is 11.9. The highest BCUT2D eigenvalue weighted by Crippen LogP contribution is 2.39. The highest BCUT2D eigenvalue weighted by Gasteiger charge is 2.40. The van der Waals surface area contributed by atoms with Crippen molar-refractivity contribution in [2.45, 2.75) is 37.3 Å². The molecule has 2 atom stereocenters. The summed E-state index contributed by atoms with van der Waals surface area (Å²) in [5, 5.41) is 3.55. The quantitative estimate of drug-likeness (QED) is 0.842. The van der Waals surface area contributed by atoms with E-state index in [2.05, 4.69) is 5.32 Å². The van der Waals surface area contributed by atoms with Gasteiger partial charge in [-0.15, -0.1) is 0 Å². The Morgan fingerprint density at radius 3 is 2.80 bits per heavy atom. The molecule has 2 heterocycles. The van der Waals surface area contributed by atoms with Crippen LogP contribution in [0.5, 0.6) is 0 Å². The summed E-state index contributed by atoms with van der Waals surface area (Å²) in [7, 11) is 1.40. The third-order valence-electron chi connectivity index (χ3n) is 4.47. The number of hydrogen-bond donors (Lipinski definition) is 1. The molecule has 3 rings (SSSR count). The maximum absolute atomic E-state index is 11.4. The second-order valence-corrected chi connectivity index (χ2v) is 5.71. The van der Waals surface area contributed by atoms with E-state index in [4.69, 9.17) is 9.47 Å². The van der Waals surface area contributed by atoms with Gasteiger partial charge in [-0.3, -0.25) is 0 Å². The molecule has 2 fully saturated rings. The van der Waals surface area contributed by atoms with Gasteiger partial charge in [-0.2, -0.15) is 0 Å². The fourth-order valence-corrected chi connectivity index (χ4v) is 3.34. The largest absolute Gasteiger partial charge is 0.465 e. The van der Waals surface area contributed by atoms with Crippen molar-refractivity contribution < 1.29 is 14.3 Å². The molecule has 1 aromatic rings. The van der Waals surface area contributed by atoms with Gasteiger partial charge in [0.1, 0.15) is 0 Å². The number of nitrogens with one attached hydrogen (secondary N) is 1. The lowest BCUT2D eigenvalue weighted by molar-refractivity contribution is -0.0310. The smallest absolute Gasteiger partial charge is 0.337 e. The van der Waals surface area contributed by atoms with Crippen LogP contribution in [0.1, 0.15) is 47.6 Å². The molecule has 0 radical (unpaired) electrons. The van der Waals surface area contributed by atoms with E-state index in [1.807, 2.05) is 24.3 Å². The van der Waals surface area contributed by atoms with Gasteiger partial charge in [0, 0.05) is 12.6 Å². The van der Waals surface area contributed by atoms with E-state index in [0.717, 1.165) is 26.0 Å². The molecule has 2 saturated heterocycles. The van der Waals surface area contributed by atoms with E-state index in [9.17, 15) is 4.79 Å². The standard InChI is InChI=1S/C16H21NO3/c1-19-15(18)13-5-3-12(4-6-13)14-11-16(8-9-17-14)7-2-10-20-16/h3-6,14,17H,2,7-11H2,1H3. The number of ether oxygens (including phenoxy) is 2. The molecule has 1 aromatic carbocycles. The molecule has 1 spiro atoms. The number of carbonyl (C=O) groups is 1. The van der Waals surface area contributed by atoms with Gasteiger partial charge in [-0.05, 0) is 49.9 Å². The van der Waals surface area contributed by atoms with Crippen molar-refractivity contribution in [2.24, 2.45) is 0 Å². The van der Waals surface area contributed by atoms with Gasteiger partial charge in [0.2, 0.25) is 0 Å². The summed E-state index contributed by atoms with van der Waals surface area (Å²) in [6.07, 6.45) is 4.47. The van der Waals surface area contributed by atoms with E-state index in [-0.39, 0.29) is 11.6 Å². The van der Waals surface area contributed by atoms with E-state index >= 15 is 0 Å². The second kappa shape index (κ2) is 5.54. The summed E-state index contributed by atoms with van der Waals surface area (Å²) < 4.78 is 10.7. The number of rotatable bonds is 2. The van der Waals surface area contributed by atoms with Crippen LogP contribution in [0.2, 0.25) is 0 Å². The minimum atomic E-state index is -0.288. The molecule has 0 bridgehead atoms. The molecule has 1 N–H and O–H groups in total. The van der Waals surface area contributed by atoms with Crippen molar-refractivity contribution in [3.63, 3.8) is 0 Å². The van der Waals surface area contributed by atoms with Crippen molar-refractivity contribution in [3.05, 3.63) is 35.4 Å². The Labute approximate surface area is 119 Å². The lowest BCUT2D eigenvalue weighted by atomic mass is 9.83. The molecule has 4 nitrogen and oxygen atoms in total. The molecule has 0 saturated carbocycles. The number of carbonyl (C=O) groups excluding carboxylic acids is 1. The van der Waals surface area contributed by atoms with Crippen molar-refractivity contribution in [2.75, 3.05) is 20.3 Å². The molecule has 108 valence electrons. The first-order valence-electron chi connectivity index (χ1n) is 7.28. The lowest BCUT2D eigenvalue weighted by Crippen LogP contribution is -2.43. The fraction of sp³-hybridized carbons (Fsp3) is 0.562. The Bertz CT molecular complexity index is 477. The van der Waals surface area contributed by atoms with Crippen LogP contribution >= 0.6 is 0 Å². The van der Waals surface area contributed by atoms with E-state index < -0.39 is 0 Å². The molecule has 2 aliphatic heterocycles. The minimum absolute atomic E-state index is 0.0803. The summed E-state index contributed by atoms with van der Waals surface area (Å²) in [4.78, 5) is 11.4. The molecule has 2 aliphatic rings. The first kappa shape index (κ1) is 13.6. The number of methoxy groups -OCH3 is 1. The predicted octanol–water partition coefficient (Wildman–Crippen LogP) is 2.45. The lowest BCUT2D eigenvalue weighted by Gasteiger charge is -2.38. The SMILES string of the molecule is COC(=O)c1ccc(C2CC3(CCCO3)CCN2)cc1. The summed E-state index contributed by atoms with van der Waals surface area (Å²) in [6.45, 7) is 1.89. The van der Waals surface area contributed by atoms with Gasteiger partial charge >= 0.3 is 5.97 Å². The monoisotopic (exact) mass is 275 g/mol. The first-order chi connectivity index (χ1) is 9.72. The number of hydrogen-bond acceptors (Lipinski definition) is 4. The van der Waals surface area contributed by atoms with Crippen molar-refractivity contribution in [3.8, 4) is 0 Å². The van der Waals surface area contributed by atoms with Gasteiger partial charge in [-0.25, -0.2) is 4.79 Å². The second-order valence-electron chi connectivity index (χ2n) is 5.71. The minimum Gasteiger partial charge on any atom is -0.465 e. The first-order valence-corrected chi connectivity index (χ1v) is 7.28. The van der Waals surface area contributed by atoms with Crippen LogP contribution in [0, 0.1) is 0 Å². The molecule has 2 unspecified atom stereocenters. The van der Waals surface area contributed by atoms with Crippen molar-refractivity contribution in [1.29, 1.82) is 0 Å². The van der Waals surface area contributed by atoms with Gasteiger partial charge < -0.3 is 14.8 Å². The van der Waals surface area contributed by atoms with Crippen LogP contribution in [0.15, 0.2) is 24.3 Å². The average Bonchev–Trinajstić information content (AvgIpc) is 2.94. The molecular formula is C16H21NO3. The van der Waals surface area contributed by atoms with Gasteiger partial charge in [-0.1, -0.05) is 12.1 Å². The van der Waals surface area contributed by atoms with Crippen molar-refractivity contribution in [1.82, 2.24) is 5.32 Å². The fourth-order valence-electron chi connectivity index (χ4n) is 3.34. The van der Waals surface area contributed by atoms with Gasteiger partial charge in [0.15, 0.2) is 0 Å². The highest BCUT2D eigenvalue weighted by atomic mass is 16.5. The third kappa shape index (κ3) is 2.58. The van der Waals surface area contributed by atoms with Crippen LogP contribution in [-0.2, 0) is 9.47 Å². The zero-order valence-electron chi connectivity index (χ0n) is 11.9. The third-order valence-corrected chi connectivity index (χ3v) is 4.47. The molecule has 4 heteroatoms. The van der Waals surface area contributed by atoms with Gasteiger partial charge in [0.25, 0.3) is 0 Å². The molecule has 0 amide bonds. The van der Waals surface area contributed by atoms with Crippen molar-refractivity contribution >= 4 is 5.97 Å². The molecule has 0 aliphatic carbocycles. The van der Waals surface area contributed by atoms with Crippen LogP contribution < -0.4 is 5.32 Å². The van der Waals surface area contributed by atoms with Crippen LogP contribution in [0.25, 0.3) is 0 Å². The van der Waals surface area contributed by atoms with Gasteiger partial charge in [0.05, 0.1) is 18.3 Å². The Balaban J connectivity index is 1.73. The van der Waals surface area contributed by atoms with Crippen LogP contribution in [0.4, 0.5) is 0 Å². The van der Waals surface area contributed by atoms with Crippen LogP contribution in [0.3, 0.4) is 0 Å². The predicted molar refractivity (Wildman–Crippen MR) is 75.7 cm³/mol. The molecular weight excluding hydrogens is 254 g/mol. The summed E-state index contributed by atoms with van der Waals surface area (Å²) in [6, 6.07) is 8.00. The number of esters is 1. The van der Waals surface area contributed by atoms with E-state index in [1.54, 1.807) is 0 Å². The van der Waals surface area contributed by atoms with Crippen LogP contribution in [-0.4, -0.2) is 31.8 Å². The Morgan fingerprint density at radius 2 is 2.15 bits per heavy atom. The zero-order chi connectivity index (χ0) is 14.0. The Hall–Kier alpha value is -1.39. The van der Waals surface area contributed by atoms with E-state index in [0.29, 0.717) is 11.6 Å². The normalized spacial score (nSPS) is 29.6. The number of piperidine rings is 1. The highest BCUT2D eigenvalue weighted by molar-refractivity contribution is 5.89. The van der Waals surface area contributed by atoms with E-state index in [1.165, 1.54) is 25.5 Å². The summed E-state index contributed by atoms with van der Waals surface area (Å²) in [5.74, 6) is -0.288. The topological polar surface area (TPSA) is 47.6 Å². The summed E-state index contributed by atoms with van der Waals surface area (Å²) >= 11 is 0. The summed E-state index contributed by atoms with van der Waals surface area (Å²) in [5.41, 5.74) is 1.89. The molecule has 20 heavy (non-hydrogen) atoms. The maximum atomic E-state index is 11.4.